The summed E-state index contributed by atoms with van der Waals surface area (Å²) in [5, 5.41) is 1.92. The van der Waals surface area contributed by atoms with E-state index >= 15 is 0 Å². The molecule has 0 saturated carbocycles. The largest absolute Gasteiger partial charge is 0.472 e. The number of rotatable bonds is 7. The van der Waals surface area contributed by atoms with Crippen LogP contribution >= 0.6 is 0 Å². The first-order valence-corrected chi connectivity index (χ1v) is 13.4. The average Bonchev–Trinajstić information content (AvgIpc) is 2.99. The molecule has 0 amide bonds. The van der Waals surface area contributed by atoms with Crippen molar-refractivity contribution in [3.05, 3.63) is 155 Å². The number of carbonyl (C=O) groups is 1. The fourth-order valence-corrected chi connectivity index (χ4v) is 5.36. The van der Waals surface area contributed by atoms with E-state index in [2.05, 4.69) is 67.6 Å². The molecule has 1 aliphatic heterocycles. The van der Waals surface area contributed by atoms with E-state index < -0.39 is 5.60 Å². The van der Waals surface area contributed by atoms with Crippen LogP contribution in [-0.2, 0) is 16.8 Å². The molecule has 1 heterocycles. The minimum absolute atomic E-state index is 0.331. The molecule has 0 unspecified atom stereocenters. The molecule has 3 nitrogen and oxygen atoms in total. The van der Waals surface area contributed by atoms with Gasteiger partial charge in [0.2, 0.25) is 0 Å². The Morgan fingerprint density at radius 2 is 1.44 bits per heavy atom. The van der Waals surface area contributed by atoms with Gasteiger partial charge in [0.15, 0.2) is 5.60 Å². The highest BCUT2D eigenvalue weighted by Crippen LogP contribution is 2.46. The normalized spacial score (nSPS) is 13.5. The lowest BCUT2D eigenvalue weighted by molar-refractivity contribution is 0.0499. The van der Waals surface area contributed by atoms with Crippen LogP contribution in [0.4, 0.5) is 0 Å². The minimum Gasteiger partial charge on any atom is -0.472 e. The maximum absolute atomic E-state index is 13.4. The van der Waals surface area contributed by atoms with Crippen LogP contribution in [0.1, 0.15) is 44.6 Å². The number of carbonyl (C=O) groups excluding carboxylic acids is 1. The molecule has 0 radical (unpaired) electrons. The van der Waals surface area contributed by atoms with E-state index in [0.29, 0.717) is 17.9 Å². The van der Waals surface area contributed by atoms with Gasteiger partial charge in [-0.05, 0) is 48.9 Å². The van der Waals surface area contributed by atoms with Crippen molar-refractivity contribution < 1.29 is 14.3 Å². The predicted octanol–water partition coefficient (Wildman–Crippen LogP) is 8.29. The third kappa shape index (κ3) is 4.84. The summed E-state index contributed by atoms with van der Waals surface area (Å²) in [7, 11) is 0. The van der Waals surface area contributed by atoms with Crippen molar-refractivity contribution in [1.82, 2.24) is 0 Å². The molecule has 6 rings (SSSR count). The minimum atomic E-state index is -0.828. The highest BCUT2D eigenvalue weighted by molar-refractivity contribution is 6.04. The zero-order valence-electron chi connectivity index (χ0n) is 22.0. The van der Waals surface area contributed by atoms with E-state index in [1.54, 1.807) is 0 Å². The van der Waals surface area contributed by atoms with Gasteiger partial charge in [0.1, 0.15) is 5.75 Å². The molecular weight excluding hydrogens is 480 g/mol. The fourth-order valence-electron chi connectivity index (χ4n) is 5.36. The quantitative estimate of drug-likeness (QED) is 0.163. The highest BCUT2D eigenvalue weighted by Gasteiger charge is 2.38. The number of ether oxygens (including phenoxy) is 2. The van der Waals surface area contributed by atoms with Gasteiger partial charge >= 0.3 is 5.97 Å². The summed E-state index contributed by atoms with van der Waals surface area (Å²) >= 11 is 0. The summed E-state index contributed by atoms with van der Waals surface area (Å²) in [6, 6.07) is 38.9. The van der Waals surface area contributed by atoms with Gasteiger partial charge in [0.25, 0.3) is 0 Å². The Morgan fingerprint density at radius 3 is 2.10 bits per heavy atom. The number of hydrogen-bond acceptors (Lipinski definition) is 3. The van der Waals surface area contributed by atoms with Gasteiger partial charge in [0.05, 0.1) is 12.2 Å². The molecule has 39 heavy (non-hydrogen) atoms. The van der Waals surface area contributed by atoms with E-state index in [0.717, 1.165) is 45.9 Å². The van der Waals surface area contributed by atoms with Crippen molar-refractivity contribution >= 4 is 22.8 Å². The van der Waals surface area contributed by atoms with Crippen molar-refractivity contribution in [2.45, 2.75) is 25.4 Å². The second kappa shape index (κ2) is 10.6. The first-order valence-electron chi connectivity index (χ1n) is 13.4. The lowest BCUT2D eigenvalue weighted by Gasteiger charge is -2.37. The third-order valence-corrected chi connectivity index (χ3v) is 7.35. The Labute approximate surface area is 229 Å². The third-order valence-electron chi connectivity index (χ3n) is 7.35. The summed E-state index contributed by atoms with van der Waals surface area (Å²) in [5.74, 6) is 0.363. The molecule has 0 aliphatic carbocycles. The van der Waals surface area contributed by atoms with Crippen LogP contribution in [0.25, 0.3) is 16.8 Å². The van der Waals surface area contributed by atoms with Gasteiger partial charge in [-0.25, -0.2) is 4.79 Å². The molecule has 0 bridgehead atoms. The Hall–Kier alpha value is -4.63. The molecule has 5 aromatic rings. The van der Waals surface area contributed by atoms with Crippen molar-refractivity contribution in [1.29, 1.82) is 0 Å². The zero-order valence-corrected chi connectivity index (χ0v) is 22.0. The smallest absolute Gasteiger partial charge is 0.338 e. The van der Waals surface area contributed by atoms with Crippen LogP contribution in [-0.4, -0.2) is 12.6 Å². The number of benzene rings is 5. The standard InChI is InChI=1S/C36H30O3/c1-26-19-20-31-28(24-26)25-33(35(37)38-23-11-14-27-12-5-2-6-13-27)32-21-22-36(39-34(31)32,29-15-7-3-8-16-29)30-17-9-4-10-18-30/h2-10,12-13,15-22,24-25H,11,14,23H2,1H3. The van der Waals surface area contributed by atoms with Gasteiger partial charge in [-0.2, -0.15) is 0 Å². The van der Waals surface area contributed by atoms with Crippen LogP contribution in [0.5, 0.6) is 5.75 Å². The monoisotopic (exact) mass is 510 g/mol. The lowest BCUT2D eigenvalue weighted by Crippen LogP contribution is -2.34. The summed E-state index contributed by atoms with van der Waals surface area (Å²) in [4.78, 5) is 13.4. The summed E-state index contributed by atoms with van der Waals surface area (Å²) in [6.07, 6.45) is 5.72. The summed E-state index contributed by atoms with van der Waals surface area (Å²) in [5.41, 5.74) is 4.84. The molecule has 0 N–H and O–H groups in total. The second-order valence-corrected chi connectivity index (χ2v) is 10.0. The van der Waals surface area contributed by atoms with Gasteiger partial charge < -0.3 is 9.47 Å². The Kier molecular flexibility index (Phi) is 6.73. The lowest BCUT2D eigenvalue weighted by atomic mass is 9.82. The maximum Gasteiger partial charge on any atom is 0.338 e. The van der Waals surface area contributed by atoms with Crippen LogP contribution in [0.3, 0.4) is 0 Å². The maximum atomic E-state index is 13.4. The number of hydrogen-bond donors (Lipinski definition) is 0. The van der Waals surface area contributed by atoms with Gasteiger partial charge in [0, 0.05) is 22.1 Å². The van der Waals surface area contributed by atoms with Gasteiger partial charge in [-0.15, -0.1) is 0 Å². The number of aryl methyl sites for hydroxylation is 2. The second-order valence-electron chi connectivity index (χ2n) is 10.0. The first kappa shape index (κ1) is 24.7. The van der Waals surface area contributed by atoms with Gasteiger partial charge in [-0.3, -0.25) is 0 Å². The first-order chi connectivity index (χ1) is 19.1. The summed E-state index contributed by atoms with van der Waals surface area (Å²) in [6.45, 7) is 2.41. The van der Waals surface area contributed by atoms with Crippen LogP contribution in [0.2, 0.25) is 0 Å². The van der Waals surface area contributed by atoms with Crippen molar-refractivity contribution in [2.24, 2.45) is 0 Å². The van der Waals surface area contributed by atoms with Crippen LogP contribution < -0.4 is 4.74 Å². The van der Waals surface area contributed by atoms with Gasteiger partial charge in [-0.1, -0.05) is 115 Å². The van der Waals surface area contributed by atoms with E-state index in [1.165, 1.54) is 5.56 Å². The molecule has 0 fully saturated rings. The molecule has 192 valence electrons. The van der Waals surface area contributed by atoms with Crippen molar-refractivity contribution in [3.63, 3.8) is 0 Å². The van der Waals surface area contributed by atoms with E-state index in [1.807, 2.05) is 66.7 Å². The van der Waals surface area contributed by atoms with Crippen LogP contribution in [0.15, 0.2) is 121 Å². The van der Waals surface area contributed by atoms with E-state index in [4.69, 9.17) is 9.47 Å². The fraction of sp³-hybridized carbons (Fsp3) is 0.139. The molecule has 0 spiro atoms. The average molecular weight is 511 g/mol. The molecule has 3 heteroatoms. The Morgan fingerprint density at radius 1 is 0.795 bits per heavy atom. The predicted molar refractivity (Wildman–Crippen MR) is 157 cm³/mol. The molecule has 0 saturated heterocycles. The highest BCUT2D eigenvalue weighted by atomic mass is 16.5. The zero-order chi connectivity index (χ0) is 26.7. The number of fused-ring (bicyclic) bond motifs is 3. The SMILES string of the molecule is Cc1ccc2c3c(c(C(=O)OCCCc4ccccc4)cc2c1)C=CC(c1ccccc1)(c1ccccc1)O3. The van der Waals surface area contributed by atoms with Crippen molar-refractivity contribution in [2.75, 3.05) is 6.61 Å². The Balaban J connectivity index is 1.39. The topological polar surface area (TPSA) is 35.5 Å². The van der Waals surface area contributed by atoms with E-state index in [9.17, 15) is 4.79 Å². The van der Waals surface area contributed by atoms with Crippen LogP contribution in [0, 0.1) is 6.92 Å². The number of esters is 1. The molecule has 5 aromatic carbocycles. The summed E-state index contributed by atoms with van der Waals surface area (Å²) < 4.78 is 12.8. The molecule has 0 aromatic heterocycles. The molecule has 1 aliphatic rings. The molecule has 0 atom stereocenters. The van der Waals surface area contributed by atoms with E-state index in [-0.39, 0.29) is 5.97 Å². The molecular formula is C36H30O3. The van der Waals surface area contributed by atoms with Crippen molar-refractivity contribution in [3.8, 4) is 5.75 Å². The Bertz CT molecular complexity index is 1600.